The first-order chi connectivity index (χ1) is 7.69. The maximum atomic E-state index is 14.2. The topological polar surface area (TPSA) is 38.3 Å². The van der Waals surface area contributed by atoms with Crippen LogP contribution in [0.1, 0.15) is 34.1 Å². The van der Waals surface area contributed by atoms with E-state index in [9.17, 15) is 9.18 Å². The van der Waals surface area contributed by atoms with Gasteiger partial charge in [0.05, 0.1) is 6.04 Å². The number of allylic oxidation sites excluding steroid dienone is 2. The molecular weight excluding hydrogens is 221 g/mol. The van der Waals surface area contributed by atoms with Gasteiger partial charge < -0.3 is 10.1 Å². The molecule has 2 atom stereocenters. The Balaban J connectivity index is 2.50. The van der Waals surface area contributed by atoms with Crippen molar-refractivity contribution in [1.82, 2.24) is 5.32 Å². The molecule has 0 spiro atoms. The number of hydrogen-bond donors (Lipinski definition) is 1. The number of rotatable bonds is 3. The number of nitrogens with one attached hydrogen (secondary N) is 1. The van der Waals surface area contributed by atoms with Gasteiger partial charge in [-0.2, -0.15) is 0 Å². The summed E-state index contributed by atoms with van der Waals surface area (Å²) >= 11 is 0. The Kier molecular flexibility index (Phi) is 3.65. The van der Waals surface area contributed by atoms with Crippen molar-refractivity contribution in [3.05, 3.63) is 24.3 Å². The molecule has 0 aromatic rings. The zero-order valence-electron chi connectivity index (χ0n) is 10.8. The first kappa shape index (κ1) is 13.7. The number of alkyl halides is 1. The highest BCUT2D eigenvalue weighted by molar-refractivity contribution is 5.69. The normalized spacial score (nSPS) is 28.5. The van der Waals surface area contributed by atoms with E-state index in [1.807, 2.05) is 0 Å². The van der Waals surface area contributed by atoms with Crippen LogP contribution in [0.15, 0.2) is 24.3 Å². The molecule has 0 aromatic heterocycles. The summed E-state index contributed by atoms with van der Waals surface area (Å²) in [5.74, 6) is 0. The van der Waals surface area contributed by atoms with Crippen LogP contribution >= 0.6 is 0 Å². The Hall–Kier alpha value is -1.32. The molecule has 1 N–H and O–H groups in total. The predicted octanol–water partition coefficient (Wildman–Crippen LogP) is 3.12. The van der Waals surface area contributed by atoms with Gasteiger partial charge in [-0.05, 0) is 33.3 Å². The zero-order chi connectivity index (χ0) is 13.3. The molecule has 1 aliphatic carbocycles. The van der Waals surface area contributed by atoms with Crippen molar-refractivity contribution in [3.8, 4) is 0 Å². The van der Waals surface area contributed by atoms with Gasteiger partial charge in [-0.1, -0.05) is 18.7 Å². The third-order valence-electron chi connectivity index (χ3n) is 2.61. The van der Waals surface area contributed by atoms with E-state index in [2.05, 4.69) is 11.9 Å². The van der Waals surface area contributed by atoms with Crippen LogP contribution in [0.3, 0.4) is 0 Å². The molecule has 1 saturated carbocycles. The minimum Gasteiger partial charge on any atom is -0.444 e. The summed E-state index contributed by atoms with van der Waals surface area (Å²) in [6.07, 6.45) is 2.88. The molecule has 3 nitrogen and oxygen atoms in total. The molecule has 0 aliphatic heterocycles. The Morgan fingerprint density at radius 3 is 2.65 bits per heavy atom. The second kappa shape index (κ2) is 4.51. The average Bonchev–Trinajstić information content (AvgIpc) is 2.75. The number of alkyl carbamates (subject to hydrolysis) is 1. The van der Waals surface area contributed by atoms with Crippen molar-refractivity contribution in [2.45, 2.75) is 51.4 Å². The third kappa shape index (κ3) is 3.58. The molecule has 0 heterocycles. The Morgan fingerprint density at radius 1 is 1.59 bits per heavy atom. The van der Waals surface area contributed by atoms with E-state index in [4.69, 9.17) is 4.74 Å². The van der Waals surface area contributed by atoms with E-state index in [1.165, 1.54) is 0 Å². The molecule has 1 aliphatic rings. The monoisotopic (exact) mass is 241 g/mol. The molecule has 0 radical (unpaired) electrons. The molecule has 0 bridgehead atoms. The van der Waals surface area contributed by atoms with Crippen molar-refractivity contribution < 1.29 is 13.9 Å². The molecule has 1 fully saturated rings. The summed E-state index contributed by atoms with van der Waals surface area (Å²) in [6, 6.07) is -0.492. The number of carbonyl (C=O) groups excluding carboxylic acids is 1. The van der Waals surface area contributed by atoms with Crippen LogP contribution in [0.5, 0.6) is 0 Å². The summed E-state index contributed by atoms with van der Waals surface area (Å²) < 4.78 is 19.2. The van der Waals surface area contributed by atoms with Gasteiger partial charge >= 0.3 is 6.09 Å². The lowest BCUT2D eigenvalue weighted by molar-refractivity contribution is 0.0514. The summed E-state index contributed by atoms with van der Waals surface area (Å²) in [5.41, 5.74) is -1.43. The smallest absolute Gasteiger partial charge is 0.407 e. The van der Waals surface area contributed by atoms with E-state index < -0.39 is 23.4 Å². The number of carbonyl (C=O) groups is 1. The predicted molar refractivity (Wildman–Crippen MR) is 65.6 cm³/mol. The fourth-order valence-electron chi connectivity index (χ4n) is 1.60. The zero-order valence-corrected chi connectivity index (χ0v) is 10.8. The Morgan fingerprint density at radius 2 is 2.18 bits per heavy atom. The van der Waals surface area contributed by atoms with Crippen molar-refractivity contribution in [3.63, 3.8) is 0 Å². The largest absolute Gasteiger partial charge is 0.444 e. The lowest BCUT2D eigenvalue weighted by Gasteiger charge is -2.20. The minimum absolute atomic E-state index is 0.294. The molecule has 2 unspecified atom stereocenters. The number of hydrogen-bond acceptors (Lipinski definition) is 2. The summed E-state index contributed by atoms with van der Waals surface area (Å²) in [5, 5.41) is 2.53. The van der Waals surface area contributed by atoms with Gasteiger partial charge in [-0.3, -0.25) is 0 Å². The summed E-state index contributed by atoms with van der Waals surface area (Å²) in [6.45, 7) is 10.5. The first-order valence-electron chi connectivity index (χ1n) is 5.67. The van der Waals surface area contributed by atoms with Gasteiger partial charge in [0.15, 0.2) is 5.67 Å². The average molecular weight is 241 g/mol. The van der Waals surface area contributed by atoms with Crippen molar-refractivity contribution >= 4 is 6.09 Å². The van der Waals surface area contributed by atoms with Gasteiger partial charge in [0.1, 0.15) is 5.60 Å². The fraction of sp³-hybridized carbons (Fsp3) is 0.615. The van der Waals surface area contributed by atoms with Crippen LogP contribution in [0.4, 0.5) is 9.18 Å². The van der Waals surface area contributed by atoms with Gasteiger partial charge in [0.2, 0.25) is 0 Å². The highest BCUT2D eigenvalue weighted by Crippen LogP contribution is 2.46. The SMILES string of the molecule is C=CC=C(C)C1(F)CC1NC(=O)OC(C)(C)C. The summed E-state index contributed by atoms with van der Waals surface area (Å²) in [7, 11) is 0. The lowest BCUT2D eigenvalue weighted by Crippen LogP contribution is -2.36. The number of halogens is 1. The molecule has 0 aromatic carbocycles. The van der Waals surface area contributed by atoms with Crippen molar-refractivity contribution in [2.75, 3.05) is 0 Å². The second-order valence-electron chi connectivity index (χ2n) is 5.35. The van der Waals surface area contributed by atoms with Crippen molar-refractivity contribution in [2.24, 2.45) is 0 Å². The van der Waals surface area contributed by atoms with Crippen LogP contribution < -0.4 is 5.32 Å². The maximum absolute atomic E-state index is 14.2. The molecular formula is C13H20FNO2. The van der Waals surface area contributed by atoms with Gasteiger partial charge in [0.25, 0.3) is 0 Å². The molecule has 1 rings (SSSR count). The van der Waals surface area contributed by atoms with Gasteiger partial charge in [0, 0.05) is 6.42 Å². The molecule has 1 amide bonds. The summed E-state index contributed by atoms with van der Waals surface area (Å²) in [4.78, 5) is 11.4. The van der Waals surface area contributed by atoms with Crippen LogP contribution in [0, 0.1) is 0 Å². The van der Waals surface area contributed by atoms with Crippen LogP contribution in [0.2, 0.25) is 0 Å². The second-order valence-corrected chi connectivity index (χ2v) is 5.35. The quantitative estimate of drug-likeness (QED) is 0.771. The van der Waals surface area contributed by atoms with E-state index in [0.29, 0.717) is 12.0 Å². The van der Waals surface area contributed by atoms with Crippen LogP contribution in [0.25, 0.3) is 0 Å². The molecule has 4 heteroatoms. The molecule has 96 valence electrons. The molecule has 0 saturated heterocycles. The number of amides is 1. The Labute approximate surface area is 102 Å². The fourth-order valence-corrected chi connectivity index (χ4v) is 1.60. The first-order valence-corrected chi connectivity index (χ1v) is 5.67. The molecule has 17 heavy (non-hydrogen) atoms. The third-order valence-corrected chi connectivity index (χ3v) is 2.61. The minimum atomic E-state index is -1.44. The number of ether oxygens (including phenoxy) is 1. The van der Waals surface area contributed by atoms with E-state index in [0.717, 1.165) is 0 Å². The van der Waals surface area contributed by atoms with E-state index in [1.54, 1.807) is 39.8 Å². The van der Waals surface area contributed by atoms with Gasteiger partial charge in [-0.15, -0.1) is 0 Å². The highest BCUT2D eigenvalue weighted by atomic mass is 19.1. The van der Waals surface area contributed by atoms with E-state index in [-0.39, 0.29) is 0 Å². The Bertz CT molecular complexity index is 357. The van der Waals surface area contributed by atoms with Crippen LogP contribution in [-0.2, 0) is 4.74 Å². The van der Waals surface area contributed by atoms with Crippen LogP contribution in [-0.4, -0.2) is 23.4 Å². The lowest BCUT2D eigenvalue weighted by atomic mass is 10.1. The van der Waals surface area contributed by atoms with Crippen molar-refractivity contribution in [1.29, 1.82) is 0 Å². The standard InChI is InChI=1S/C13H20FNO2/c1-6-7-9(2)13(14)8-10(13)15-11(16)17-12(3,4)5/h6-7,10H,1,8H2,2-5H3,(H,15,16). The maximum Gasteiger partial charge on any atom is 0.407 e. The van der Waals surface area contributed by atoms with Gasteiger partial charge in [-0.25, -0.2) is 9.18 Å². The van der Waals surface area contributed by atoms with E-state index >= 15 is 0 Å². The highest BCUT2D eigenvalue weighted by Gasteiger charge is 2.57.